The van der Waals surface area contributed by atoms with E-state index in [4.69, 9.17) is 10.5 Å². The van der Waals surface area contributed by atoms with Crippen molar-refractivity contribution in [1.29, 1.82) is 0 Å². The van der Waals surface area contributed by atoms with Gasteiger partial charge in [0.25, 0.3) is 5.91 Å². The van der Waals surface area contributed by atoms with Gasteiger partial charge >= 0.3 is 0 Å². The Morgan fingerprint density at radius 3 is 2.88 bits per heavy atom. The van der Waals surface area contributed by atoms with Gasteiger partial charge in [-0.2, -0.15) is 0 Å². The molecular weight excluding hydrogens is 204 g/mol. The molecular formula is C12H16N2O2. The predicted octanol–water partition coefficient (Wildman–Crippen LogP) is 1.54. The zero-order chi connectivity index (χ0) is 12.1. The van der Waals surface area contributed by atoms with Crippen molar-refractivity contribution in [1.82, 2.24) is 4.90 Å². The summed E-state index contributed by atoms with van der Waals surface area (Å²) < 4.78 is 5.12. The number of nitrogens with zero attached hydrogens (tertiary/aromatic N) is 1. The molecule has 0 aliphatic carbocycles. The van der Waals surface area contributed by atoms with Crippen molar-refractivity contribution in [3.05, 3.63) is 36.4 Å². The highest BCUT2D eigenvalue weighted by molar-refractivity contribution is 5.97. The molecule has 0 fully saturated rings. The van der Waals surface area contributed by atoms with Crippen LogP contribution in [0.5, 0.6) is 5.75 Å². The van der Waals surface area contributed by atoms with Crippen molar-refractivity contribution in [2.24, 2.45) is 0 Å². The summed E-state index contributed by atoms with van der Waals surface area (Å²) in [4.78, 5) is 13.6. The molecule has 0 saturated heterocycles. The molecule has 0 radical (unpaired) electrons. The molecule has 1 amide bonds. The van der Waals surface area contributed by atoms with E-state index in [0.29, 0.717) is 23.5 Å². The number of likely N-dealkylation sites (N-methyl/N-ethyl adjacent to an activating group) is 1. The van der Waals surface area contributed by atoms with Gasteiger partial charge in [-0.05, 0) is 18.2 Å². The third kappa shape index (κ3) is 2.53. The number of hydrogen-bond donors (Lipinski definition) is 1. The molecule has 4 heteroatoms. The summed E-state index contributed by atoms with van der Waals surface area (Å²) in [7, 11) is 3.22. The minimum Gasteiger partial charge on any atom is -0.496 e. The average Bonchev–Trinajstić information content (AvgIpc) is 2.28. The van der Waals surface area contributed by atoms with Crippen LogP contribution in [-0.2, 0) is 0 Å². The summed E-state index contributed by atoms with van der Waals surface area (Å²) in [6.45, 7) is 4.07. The first kappa shape index (κ1) is 12.1. The Bertz CT molecular complexity index is 402. The van der Waals surface area contributed by atoms with Crippen LogP contribution >= 0.6 is 0 Å². The second-order valence-corrected chi connectivity index (χ2v) is 3.43. The zero-order valence-electron chi connectivity index (χ0n) is 9.56. The van der Waals surface area contributed by atoms with Gasteiger partial charge in [0.2, 0.25) is 0 Å². The number of benzene rings is 1. The highest BCUT2D eigenvalue weighted by Gasteiger charge is 2.15. The lowest BCUT2D eigenvalue weighted by atomic mass is 10.1. The van der Waals surface area contributed by atoms with E-state index in [1.807, 2.05) is 0 Å². The fourth-order valence-electron chi connectivity index (χ4n) is 1.37. The third-order valence-electron chi connectivity index (χ3n) is 2.20. The van der Waals surface area contributed by atoms with Crippen molar-refractivity contribution in [3.63, 3.8) is 0 Å². The zero-order valence-corrected chi connectivity index (χ0v) is 9.56. The summed E-state index contributed by atoms with van der Waals surface area (Å²) in [6.07, 6.45) is 1.66. The van der Waals surface area contributed by atoms with Crippen LogP contribution in [-0.4, -0.2) is 31.5 Å². The standard InChI is InChI=1S/C12H16N2O2/c1-4-7-14(2)12(15)10-8-9(13)5-6-11(10)16-3/h4-6,8H,1,7,13H2,2-3H3. The van der Waals surface area contributed by atoms with Gasteiger partial charge in [-0.3, -0.25) is 4.79 Å². The van der Waals surface area contributed by atoms with Crippen LogP contribution in [0, 0.1) is 0 Å². The Labute approximate surface area is 95.3 Å². The molecule has 0 heterocycles. The van der Waals surface area contributed by atoms with Crippen molar-refractivity contribution in [2.45, 2.75) is 0 Å². The van der Waals surface area contributed by atoms with E-state index < -0.39 is 0 Å². The number of methoxy groups -OCH3 is 1. The van der Waals surface area contributed by atoms with E-state index in [-0.39, 0.29) is 5.91 Å². The molecule has 1 aromatic carbocycles. The second kappa shape index (κ2) is 5.21. The van der Waals surface area contributed by atoms with Crippen LogP contribution in [0.4, 0.5) is 5.69 Å². The van der Waals surface area contributed by atoms with Crippen LogP contribution in [0.25, 0.3) is 0 Å². The Hall–Kier alpha value is -1.97. The highest BCUT2D eigenvalue weighted by Crippen LogP contribution is 2.22. The molecule has 16 heavy (non-hydrogen) atoms. The normalized spacial score (nSPS) is 9.62. The van der Waals surface area contributed by atoms with Crippen LogP contribution in [0.1, 0.15) is 10.4 Å². The van der Waals surface area contributed by atoms with Crippen molar-refractivity contribution in [3.8, 4) is 5.75 Å². The third-order valence-corrected chi connectivity index (χ3v) is 2.20. The van der Waals surface area contributed by atoms with Crippen molar-refractivity contribution < 1.29 is 9.53 Å². The number of amides is 1. The predicted molar refractivity (Wildman–Crippen MR) is 64.6 cm³/mol. The summed E-state index contributed by atoms with van der Waals surface area (Å²) in [5.74, 6) is 0.388. The smallest absolute Gasteiger partial charge is 0.257 e. The lowest BCUT2D eigenvalue weighted by Crippen LogP contribution is -2.27. The fraction of sp³-hybridized carbons (Fsp3) is 0.250. The minimum atomic E-state index is -0.135. The summed E-state index contributed by atoms with van der Waals surface area (Å²) >= 11 is 0. The molecule has 0 aliphatic heterocycles. The van der Waals surface area contributed by atoms with Crippen molar-refractivity contribution in [2.75, 3.05) is 26.4 Å². The van der Waals surface area contributed by atoms with E-state index in [9.17, 15) is 4.79 Å². The lowest BCUT2D eigenvalue weighted by molar-refractivity contribution is 0.0807. The van der Waals surface area contributed by atoms with Gasteiger partial charge in [-0.15, -0.1) is 6.58 Å². The molecule has 86 valence electrons. The quantitative estimate of drug-likeness (QED) is 0.618. The van der Waals surface area contributed by atoms with Gasteiger partial charge in [0, 0.05) is 19.3 Å². The highest BCUT2D eigenvalue weighted by atomic mass is 16.5. The Balaban J connectivity index is 3.05. The summed E-state index contributed by atoms with van der Waals surface area (Å²) in [5.41, 5.74) is 6.65. The largest absolute Gasteiger partial charge is 0.496 e. The maximum atomic E-state index is 12.0. The van der Waals surface area contributed by atoms with Gasteiger partial charge in [0.15, 0.2) is 0 Å². The van der Waals surface area contributed by atoms with Crippen LogP contribution in [0.2, 0.25) is 0 Å². The first-order valence-electron chi connectivity index (χ1n) is 4.90. The van der Waals surface area contributed by atoms with E-state index >= 15 is 0 Å². The molecule has 0 bridgehead atoms. The topological polar surface area (TPSA) is 55.6 Å². The monoisotopic (exact) mass is 220 g/mol. The van der Waals surface area contributed by atoms with Gasteiger partial charge < -0.3 is 15.4 Å². The van der Waals surface area contributed by atoms with E-state index in [1.54, 1.807) is 36.2 Å². The molecule has 0 saturated carbocycles. The minimum absolute atomic E-state index is 0.135. The van der Waals surface area contributed by atoms with Crippen LogP contribution in [0.15, 0.2) is 30.9 Å². The number of nitrogen functional groups attached to an aromatic ring is 1. The molecule has 2 N–H and O–H groups in total. The molecule has 4 nitrogen and oxygen atoms in total. The fourth-order valence-corrected chi connectivity index (χ4v) is 1.37. The molecule has 0 aliphatic rings. The number of nitrogens with two attached hydrogens (primary N) is 1. The first-order chi connectivity index (χ1) is 7.60. The van der Waals surface area contributed by atoms with E-state index in [0.717, 1.165) is 0 Å². The van der Waals surface area contributed by atoms with Gasteiger partial charge in [0.05, 0.1) is 12.7 Å². The first-order valence-corrected chi connectivity index (χ1v) is 4.90. The van der Waals surface area contributed by atoms with E-state index in [2.05, 4.69) is 6.58 Å². The van der Waals surface area contributed by atoms with E-state index in [1.165, 1.54) is 7.11 Å². The second-order valence-electron chi connectivity index (χ2n) is 3.43. The number of anilines is 1. The van der Waals surface area contributed by atoms with Crippen LogP contribution < -0.4 is 10.5 Å². The molecule has 1 aromatic rings. The summed E-state index contributed by atoms with van der Waals surface area (Å²) in [6, 6.07) is 4.99. The number of hydrogen-bond acceptors (Lipinski definition) is 3. The van der Waals surface area contributed by atoms with Gasteiger partial charge in [-0.1, -0.05) is 6.08 Å². The molecule has 1 rings (SSSR count). The molecule has 0 unspecified atom stereocenters. The van der Waals surface area contributed by atoms with Gasteiger partial charge in [-0.25, -0.2) is 0 Å². The number of carbonyl (C=O) groups is 1. The van der Waals surface area contributed by atoms with Crippen molar-refractivity contribution >= 4 is 11.6 Å². The number of carbonyl (C=O) groups excluding carboxylic acids is 1. The molecule has 0 spiro atoms. The van der Waals surface area contributed by atoms with Crippen LogP contribution in [0.3, 0.4) is 0 Å². The molecule has 0 atom stereocenters. The number of ether oxygens (including phenoxy) is 1. The average molecular weight is 220 g/mol. The lowest BCUT2D eigenvalue weighted by Gasteiger charge is -2.17. The Morgan fingerprint density at radius 1 is 1.62 bits per heavy atom. The van der Waals surface area contributed by atoms with Gasteiger partial charge in [0.1, 0.15) is 5.75 Å². The number of rotatable bonds is 4. The SMILES string of the molecule is C=CCN(C)C(=O)c1cc(N)ccc1OC. The maximum absolute atomic E-state index is 12.0. The Morgan fingerprint density at radius 2 is 2.31 bits per heavy atom. The maximum Gasteiger partial charge on any atom is 0.257 e. The molecule has 0 aromatic heterocycles. The summed E-state index contributed by atoms with van der Waals surface area (Å²) in [5, 5.41) is 0. The Kier molecular flexibility index (Phi) is 3.94.